The van der Waals surface area contributed by atoms with E-state index in [0.29, 0.717) is 48.3 Å². The molecule has 156 valence electrons. The van der Waals surface area contributed by atoms with Crippen molar-refractivity contribution in [3.05, 3.63) is 63.2 Å². The van der Waals surface area contributed by atoms with Gasteiger partial charge in [0.1, 0.15) is 5.82 Å². The molecular weight excluding hydrogens is 382 g/mol. The highest BCUT2D eigenvalue weighted by molar-refractivity contribution is 5.77. The Balaban J connectivity index is 1.63. The monoisotopic (exact) mass is 407 g/mol. The van der Waals surface area contributed by atoms with Crippen molar-refractivity contribution < 1.29 is 4.74 Å². The first-order chi connectivity index (χ1) is 14.7. The molecule has 0 radical (unpaired) electrons. The van der Waals surface area contributed by atoms with E-state index >= 15 is 0 Å². The van der Waals surface area contributed by atoms with E-state index < -0.39 is 0 Å². The Morgan fingerprint density at radius 3 is 2.77 bits per heavy atom. The van der Waals surface area contributed by atoms with Gasteiger partial charge in [-0.2, -0.15) is 0 Å². The normalized spacial score (nSPS) is 19.0. The van der Waals surface area contributed by atoms with Crippen LogP contribution in [0.25, 0.3) is 10.9 Å². The second-order valence-electron chi connectivity index (χ2n) is 7.98. The second-order valence-corrected chi connectivity index (χ2v) is 7.98. The van der Waals surface area contributed by atoms with Gasteiger partial charge in [0.25, 0.3) is 11.1 Å². The highest BCUT2D eigenvalue weighted by atomic mass is 16.5. The lowest BCUT2D eigenvalue weighted by atomic mass is 10.1. The Labute approximate surface area is 173 Å². The molecule has 1 saturated heterocycles. The Hall–Kier alpha value is -3.00. The van der Waals surface area contributed by atoms with Gasteiger partial charge >= 0.3 is 0 Å². The van der Waals surface area contributed by atoms with Gasteiger partial charge < -0.3 is 14.2 Å². The Kier molecular flexibility index (Phi) is 4.86. The lowest BCUT2D eigenvalue weighted by Crippen LogP contribution is -2.37. The Morgan fingerprint density at radius 2 is 1.97 bits per heavy atom. The Bertz CT molecular complexity index is 1200. The lowest BCUT2D eigenvalue weighted by molar-refractivity contribution is 0.184. The maximum Gasteiger partial charge on any atom is 0.293 e. The second kappa shape index (κ2) is 7.68. The number of hydrogen-bond donors (Lipinski definition) is 0. The van der Waals surface area contributed by atoms with Crippen LogP contribution in [0.2, 0.25) is 0 Å². The summed E-state index contributed by atoms with van der Waals surface area (Å²) in [5.74, 6) is 1.13. The minimum absolute atomic E-state index is 0.0570. The summed E-state index contributed by atoms with van der Waals surface area (Å²) in [6.45, 7) is 1.55. The zero-order chi connectivity index (χ0) is 20.7. The van der Waals surface area contributed by atoms with E-state index in [2.05, 4.69) is 4.98 Å². The fraction of sp³-hybridized carbons (Fsp3) is 0.455. The third kappa shape index (κ3) is 3.21. The van der Waals surface area contributed by atoms with E-state index in [9.17, 15) is 9.59 Å². The highest BCUT2D eigenvalue weighted by Crippen LogP contribution is 2.36. The van der Waals surface area contributed by atoms with Gasteiger partial charge in [0, 0.05) is 32.1 Å². The minimum atomic E-state index is -0.172. The first-order valence-electron chi connectivity index (χ1n) is 10.5. The molecule has 8 nitrogen and oxygen atoms in total. The van der Waals surface area contributed by atoms with Gasteiger partial charge in [-0.05, 0) is 37.8 Å². The van der Waals surface area contributed by atoms with E-state index in [-0.39, 0.29) is 17.2 Å². The average molecular weight is 407 g/mol. The van der Waals surface area contributed by atoms with E-state index in [1.54, 1.807) is 34.7 Å². The number of ether oxygens (including phenoxy) is 1. The van der Waals surface area contributed by atoms with E-state index in [4.69, 9.17) is 9.72 Å². The van der Waals surface area contributed by atoms with E-state index in [1.807, 2.05) is 23.1 Å². The average Bonchev–Trinajstić information content (AvgIpc) is 3.49. The SMILES string of the molecule is COCCn1c(C2CCCN2c2nccn(C3CC3)c2=O)nc2ccccc2c1=O. The number of para-hydroxylation sites is 1. The molecule has 0 amide bonds. The first-order valence-corrected chi connectivity index (χ1v) is 10.5. The van der Waals surface area contributed by atoms with Crippen molar-refractivity contribution in [2.45, 2.75) is 44.3 Å². The van der Waals surface area contributed by atoms with E-state index in [1.165, 1.54) is 0 Å². The van der Waals surface area contributed by atoms with Crippen LogP contribution in [0.5, 0.6) is 0 Å². The van der Waals surface area contributed by atoms with Crippen molar-refractivity contribution in [1.82, 2.24) is 19.1 Å². The molecule has 1 aromatic carbocycles. The smallest absolute Gasteiger partial charge is 0.293 e. The summed E-state index contributed by atoms with van der Waals surface area (Å²) < 4.78 is 8.74. The van der Waals surface area contributed by atoms with Gasteiger partial charge in [0.05, 0.1) is 30.1 Å². The highest BCUT2D eigenvalue weighted by Gasteiger charge is 2.34. The van der Waals surface area contributed by atoms with Crippen LogP contribution in [0.1, 0.15) is 43.6 Å². The summed E-state index contributed by atoms with van der Waals surface area (Å²) in [5.41, 5.74) is 0.545. The molecule has 30 heavy (non-hydrogen) atoms. The van der Waals surface area contributed by atoms with Crippen LogP contribution in [0.3, 0.4) is 0 Å². The standard InChI is InChI=1S/C22H25N5O3/c1-30-14-13-27-19(24-17-6-3-2-5-16(17)21(27)28)18-7-4-11-26(18)20-22(29)25(12-10-23-20)15-8-9-15/h2-3,5-6,10,12,15,18H,4,7-9,11,13-14H2,1H3. The van der Waals surface area contributed by atoms with Crippen molar-refractivity contribution in [3.63, 3.8) is 0 Å². The van der Waals surface area contributed by atoms with Crippen LogP contribution in [0.4, 0.5) is 5.82 Å². The molecule has 2 fully saturated rings. The fourth-order valence-electron chi connectivity index (χ4n) is 4.38. The van der Waals surface area contributed by atoms with Crippen LogP contribution in [0, 0.1) is 0 Å². The lowest BCUT2D eigenvalue weighted by Gasteiger charge is -2.27. The van der Waals surface area contributed by atoms with Crippen molar-refractivity contribution in [3.8, 4) is 0 Å². The molecule has 0 bridgehead atoms. The van der Waals surface area contributed by atoms with Crippen molar-refractivity contribution in [2.75, 3.05) is 25.2 Å². The fourth-order valence-corrected chi connectivity index (χ4v) is 4.38. The number of rotatable bonds is 6. The van der Waals surface area contributed by atoms with Gasteiger partial charge in [-0.3, -0.25) is 14.2 Å². The largest absolute Gasteiger partial charge is 0.383 e. The number of fused-ring (bicyclic) bond motifs is 1. The molecule has 8 heteroatoms. The third-order valence-electron chi connectivity index (χ3n) is 6.02. The number of hydrogen-bond acceptors (Lipinski definition) is 6. The number of aromatic nitrogens is 4. The van der Waals surface area contributed by atoms with Gasteiger partial charge in [-0.25, -0.2) is 9.97 Å². The zero-order valence-electron chi connectivity index (χ0n) is 17.0. The van der Waals surface area contributed by atoms with Gasteiger partial charge in [-0.15, -0.1) is 0 Å². The number of anilines is 1. The quantitative estimate of drug-likeness (QED) is 0.624. The van der Waals surface area contributed by atoms with Crippen molar-refractivity contribution in [2.24, 2.45) is 0 Å². The summed E-state index contributed by atoms with van der Waals surface area (Å²) >= 11 is 0. The van der Waals surface area contributed by atoms with Crippen molar-refractivity contribution in [1.29, 1.82) is 0 Å². The molecular formula is C22H25N5O3. The minimum Gasteiger partial charge on any atom is -0.383 e. The number of benzene rings is 1. The van der Waals surface area contributed by atoms with Crippen LogP contribution in [-0.2, 0) is 11.3 Å². The first kappa shape index (κ1) is 19.0. The molecule has 1 saturated carbocycles. The molecule has 1 aliphatic carbocycles. The molecule has 5 rings (SSSR count). The summed E-state index contributed by atoms with van der Waals surface area (Å²) in [7, 11) is 1.62. The molecule has 0 spiro atoms. The predicted octanol–water partition coefficient (Wildman–Crippen LogP) is 2.28. The van der Waals surface area contributed by atoms with Crippen molar-refractivity contribution >= 4 is 16.7 Å². The molecule has 1 atom stereocenters. The van der Waals surface area contributed by atoms with Crippen LogP contribution in [-0.4, -0.2) is 39.4 Å². The molecule has 3 heterocycles. The molecule has 3 aromatic rings. The molecule has 1 unspecified atom stereocenters. The van der Waals surface area contributed by atoms with E-state index in [0.717, 1.165) is 25.7 Å². The van der Waals surface area contributed by atoms with Gasteiger partial charge in [-0.1, -0.05) is 12.1 Å². The number of methoxy groups -OCH3 is 1. The summed E-state index contributed by atoms with van der Waals surface area (Å²) in [6.07, 6.45) is 7.28. The maximum atomic E-state index is 13.2. The summed E-state index contributed by atoms with van der Waals surface area (Å²) in [5, 5.41) is 0.593. The van der Waals surface area contributed by atoms with Crippen LogP contribution >= 0.6 is 0 Å². The third-order valence-corrected chi connectivity index (χ3v) is 6.02. The molecule has 2 aromatic heterocycles. The zero-order valence-corrected chi connectivity index (χ0v) is 17.0. The Morgan fingerprint density at radius 1 is 1.13 bits per heavy atom. The predicted molar refractivity (Wildman–Crippen MR) is 114 cm³/mol. The number of nitrogens with zero attached hydrogens (tertiary/aromatic N) is 5. The van der Waals surface area contributed by atoms with Gasteiger partial charge in [0.15, 0.2) is 5.82 Å². The molecule has 1 aliphatic heterocycles. The molecule has 2 aliphatic rings. The van der Waals surface area contributed by atoms with Crippen LogP contribution in [0.15, 0.2) is 46.2 Å². The molecule has 0 N–H and O–H groups in total. The topological polar surface area (TPSA) is 82.2 Å². The summed E-state index contributed by atoms with van der Waals surface area (Å²) in [4.78, 5) is 37.7. The van der Waals surface area contributed by atoms with Crippen LogP contribution < -0.4 is 16.0 Å². The summed E-state index contributed by atoms with van der Waals surface area (Å²) in [6, 6.07) is 7.52. The maximum absolute atomic E-state index is 13.2. The van der Waals surface area contributed by atoms with Gasteiger partial charge in [0.2, 0.25) is 0 Å².